The van der Waals surface area contributed by atoms with Gasteiger partial charge in [-0.3, -0.25) is 10.1 Å². The van der Waals surface area contributed by atoms with Crippen LogP contribution in [0.3, 0.4) is 0 Å². The summed E-state index contributed by atoms with van der Waals surface area (Å²) in [6, 6.07) is 16.9. The van der Waals surface area contributed by atoms with E-state index in [4.69, 9.17) is 17.0 Å². The van der Waals surface area contributed by atoms with E-state index in [9.17, 15) is 4.79 Å². The number of carbonyl (C=O) groups is 1. The molecule has 1 heterocycles. The smallest absolute Gasteiger partial charge is 0.257 e. The Bertz CT molecular complexity index is 715. The SMILES string of the molecule is O=C(NC(=S)Nc1ccccc1N1CCOCC1)c1ccccc1. The lowest BCUT2D eigenvalue weighted by Gasteiger charge is -2.30. The highest BCUT2D eigenvalue weighted by Crippen LogP contribution is 2.26. The number of nitrogens with zero attached hydrogens (tertiary/aromatic N) is 1. The predicted octanol–water partition coefficient (Wildman–Crippen LogP) is 2.65. The van der Waals surface area contributed by atoms with Crippen molar-refractivity contribution in [1.82, 2.24) is 5.32 Å². The number of thiocarbonyl (C=S) groups is 1. The summed E-state index contributed by atoms with van der Waals surface area (Å²) in [5.74, 6) is -0.225. The first-order valence-corrected chi connectivity index (χ1v) is 8.24. The van der Waals surface area contributed by atoms with Crippen molar-refractivity contribution < 1.29 is 9.53 Å². The number of nitrogens with one attached hydrogen (secondary N) is 2. The fourth-order valence-corrected chi connectivity index (χ4v) is 2.78. The van der Waals surface area contributed by atoms with Crippen molar-refractivity contribution in [2.45, 2.75) is 0 Å². The summed E-state index contributed by atoms with van der Waals surface area (Å²) in [6.07, 6.45) is 0. The molecule has 1 amide bonds. The molecule has 0 atom stereocenters. The number of ether oxygens (including phenoxy) is 1. The van der Waals surface area contributed by atoms with Gasteiger partial charge in [0.25, 0.3) is 5.91 Å². The third-order valence-electron chi connectivity index (χ3n) is 3.77. The van der Waals surface area contributed by atoms with E-state index < -0.39 is 0 Å². The zero-order valence-corrected chi connectivity index (χ0v) is 14.0. The molecule has 1 saturated heterocycles. The maximum absolute atomic E-state index is 12.2. The van der Waals surface area contributed by atoms with Crippen LogP contribution in [0.25, 0.3) is 0 Å². The second kappa shape index (κ2) is 7.90. The van der Waals surface area contributed by atoms with Gasteiger partial charge in [0.1, 0.15) is 0 Å². The summed E-state index contributed by atoms with van der Waals surface area (Å²) in [6.45, 7) is 3.09. The Kier molecular flexibility index (Phi) is 5.40. The van der Waals surface area contributed by atoms with E-state index in [-0.39, 0.29) is 11.0 Å². The lowest BCUT2D eigenvalue weighted by molar-refractivity contribution is 0.0977. The van der Waals surface area contributed by atoms with Crippen molar-refractivity contribution in [2.75, 3.05) is 36.5 Å². The summed E-state index contributed by atoms with van der Waals surface area (Å²) in [7, 11) is 0. The summed E-state index contributed by atoms with van der Waals surface area (Å²) < 4.78 is 5.40. The molecule has 24 heavy (non-hydrogen) atoms. The topological polar surface area (TPSA) is 53.6 Å². The minimum Gasteiger partial charge on any atom is -0.378 e. The van der Waals surface area contributed by atoms with Crippen molar-refractivity contribution in [3.8, 4) is 0 Å². The molecule has 0 spiro atoms. The Labute approximate surface area is 146 Å². The van der Waals surface area contributed by atoms with Crippen LogP contribution >= 0.6 is 12.2 Å². The molecule has 0 aromatic heterocycles. The average molecular weight is 341 g/mol. The van der Waals surface area contributed by atoms with E-state index in [1.54, 1.807) is 12.1 Å². The van der Waals surface area contributed by atoms with E-state index in [0.717, 1.165) is 24.5 Å². The van der Waals surface area contributed by atoms with E-state index in [2.05, 4.69) is 15.5 Å². The second-order valence-electron chi connectivity index (χ2n) is 5.39. The van der Waals surface area contributed by atoms with Gasteiger partial charge in [-0.15, -0.1) is 0 Å². The molecule has 0 saturated carbocycles. The zero-order chi connectivity index (χ0) is 16.8. The maximum Gasteiger partial charge on any atom is 0.257 e. The second-order valence-corrected chi connectivity index (χ2v) is 5.80. The molecular weight excluding hydrogens is 322 g/mol. The molecule has 1 fully saturated rings. The first-order chi connectivity index (χ1) is 11.7. The quantitative estimate of drug-likeness (QED) is 0.841. The standard InChI is InChI=1S/C18H19N3O2S/c22-17(14-6-2-1-3-7-14)20-18(24)19-15-8-4-5-9-16(15)21-10-12-23-13-11-21/h1-9H,10-13H2,(H2,19,20,22,24). The Hall–Kier alpha value is -2.44. The van der Waals surface area contributed by atoms with Gasteiger partial charge in [-0.1, -0.05) is 30.3 Å². The van der Waals surface area contributed by atoms with E-state index in [1.807, 2.05) is 42.5 Å². The van der Waals surface area contributed by atoms with Crippen LogP contribution in [-0.4, -0.2) is 37.3 Å². The molecule has 2 aromatic rings. The number of rotatable bonds is 3. The van der Waals surface area contributed by atoms with Crippen molar-refractivity contribution >= 4 is 34.6 Å². The van der Waals surface area contributed by atoms with Crippen molar-refractivity contribution in [3.63, 3.8) is 0 Å². The molecule has 2 N–H and O–H groups in total. The average Bonchev–Trinajstić information content (AvgIpc) is 2.63. The highest BCUT2D eigenvalue weighted by Gasteiger charge is 2.15. The number of anilines is 2. The monoisotopic (exact) mass is 341 g/mol. The molecule has 0 unspecified atom stereocenters. The van der Waals surface area contributed by atoms with Crippen LogP contribution in [0.2, 0.25) is 0 Å². The largest absolute Gasteiger partial charge is 0.378 e. The molecular formula is C18H19N3O2S. The number of benzene rings is 2. The van der Waals surface area contributed by atoms with Gasteiger partial charge in [0.05, 0.1) is 24.6 Å². The highest BCUT2D eigenvalue weighted by molar-refractivity contribution is 7.80. The predicted molar refractivity (Wildman–Crippen MR) is 99.6 cm³/mol. The Balaban J connectivity index is 1.67. The highest BCUT2D eigenvalue weighted by atomic mass is 32.1. The zero-order valence-electron chi connectivity index (χ0n) is 13.2. The third kappa shape index (κ3) is 4.10. The van der Waals surface area contributed by atoms with E-state index in [0.29, 0.717) is 18.8 Å². The normalized spacial score (nSPS) is 14.1. The van der Waals surface area contributed by atoms with Gasteiger partial charge >= 0.3 is 0 Å². The molecule has 1 aliphatic heterocycles. The number of carbonyl (C=O) groups excluding carboxylic acids is 1. The van der Waals surface area contributed by atoms with E-state index >= 15 is 0 Å². The molecule has 5 nitrogen and oxygen atoms in total. The summed E-state index contributed by atoms with van der Waals surface area (Å²) in [5.41, 5.74) is 2.50. The Morgan fingerprint density at radius 1 is 1.00 bits per heavy atom. The number of para-hydroxylation sites is 2. The number of hydrogen-bond donors (Lipinski definition) is 2. The lowest BCUT2D eigenvalue weighted by atomic mass is 10.2. The van der Waals surface area contributed by atoms with Crippen molar-refractivity contribution in [1.29, 1.82) is 0 Å². The van der Waals surface area contributed by atoms with Crippen LogP contribution in [0.1, 0.15) is 10.4 Å². The summed E-state index contributed by atoms with van der Waals surface area (Å²) in [4.78, 5) is 14.4. The molecule has 0 aliphatic carbocycles. The minimum absolute atomic E-state index is 0.225. The lowest BCUT2D eigenvalue weighted by Crippen LogP contribution is -2.38. The van der Waals surface area contributed by atoms with Crippen LogP contribution in [0, 0.1) is 0 Å². The molecule has 0 radical (unpaired) electrons. The first kappa shape index (κ1) is 16.4. The number of morpholine rings is 1. The number of hydrogen-bond acceptors (Lipinski definition) is 4. The summed E-state index contributed by atoms with van der Waals surface area (Å²) >= 11 is 5.29. The van der Waals surface area contributed by atoms with Gasteiger partial charge in [0.2, 0.25) is 0 Å². The van der Waals surface area contributed by atoms with Crippen LogP contribution < -0.4 is 15.5 Å². The van der Waals surface area contributed by atoms with Gasteiger partial charge in [-0.2, -0.15) is 0 Å². The molecule has 124 valence electrons. The Morgan fingerprint density at radius 2 is 1.67 bits per heavy atom. The van der Waals surface area contributed by atoms with Gasteiger partial charge in [0, 0.05) is 18.7 Å². The van der Waals surface area contributed by atoms with Gasteiger partial charge in [-0.25, -0.2) is 0 Å². The molecule has 3 rings (SSSR count). The first-order valence-electron chi connectivity index (χ1n) is 7.83. The fourth-order valence-electron chi connectivity index (χ4n) is 2.58. The van der Waals surface area contributed by atoms with Crippen molar-refractivity contribution in [2.24, 2.45) is 0 Å². The fraction of sp³-hybridized carbons (Fsp3) is 0.222. The molecule has 0 bridgehead atoms. The Morgan fingerprint density at radius 3 is 2.42 bits per heavy atom. The molecule has 2 aromatic carbocycles. The summed E-state index contributed by atoms with van der Waals surface area (Å²) in [5, 5.41) is 6.12. The van der Waals surface area contributed by atoms with Crippen LogP contribution in [-0.2, 0) is 4.74 Å². The van der Waals surface area contributed by atoms with Gasteiger partial charge < -0.3 is 15.0 Å². The van der Waals surface area contributed by atoms with Gasteiger partial charge in [0.15, 0.2) is 5.11 Å². The van der Waals surface area contributed by atoms with E-state index in [1.165, 1.54) is 0 Å². The molecule has 1 aliphatic rings. The minimum atomic E-state index is -0.225. The van der Waals surface area contributed by atoms with Crippen molar-refractivity contribution in [3.05, 3.63) is 60.2 Å². The van der Waals surface area contributed by atoms with Crippen LogP contribution in [0.5, 0.6) is 0 Å². The van der Waals surface area contributed by atoms with Crippen LogP contribution in [0.4, 0.5) is 11.4 Å². The van der Waals surface area contributed by atoms with Gasteiger partial charge in [-0.05, 0) is 36.5 Å². The maximum atomic E-state index is 12.2. The number of amides is 1. The third-order valence-corrected chi connectivity index (χ3v) is 3.97. The van der Waals surface area contributed by atoms with Crippen LogP contribution in [0.15, 0.2) is 54.6 Å². The molecule has 6 heteroatoms.